The van der Waals surface area contributed by atoms with Gasteiger partial charge < -0.3 is 4.74 Å². The van der Waals surface area contributed by atoms with Gasteiger partial charge in [-0.05, 0) is 29.8 Å². The molecule has 0 bridgehead atoms. The summed E-state index contributed by atoms with van der Waals surface area (Å²) in [5, 5.41) is 11.5. The molecular formula is C14H10ClNO4. The Balaban J connectivity index is 2.18. The summed E-state index contributed by atoms with van der Waals surface area (Å²) in [6.07, 6.45) is 0.552. The van der Waals surface area contributed by atoms with Crippen LogP contribution in [0.4, 0.5) is 5.69 Å². The van der Waals surface area contributed by atoms with E-state index in [9.17, 15) is 14.9 Å². The predicted molar refractivity (Wildman–Crippen MR) is 74.3 cm³/mol. The highest BCUT2D eigenvalue weighted by molar-refractivity contribution is 6.30. The van der Waals surface area contributed by atoms with E-state index in [0.717, 1.165) is 5.56 Å². The van der Waals surface area contributed by atoms with Gasteiger partial charge in [0.25, 0.3) is 0 Å². The van der Waals surface area contributed by atoms with Crippen molar-refractivity contribution in [1.82, 2.24) is 0 Å². The Labute approximate surface area is 119 Å². The fourth-order valence-corrected chi connectivity index (χ4v) is 1.74. The summed E-state index contributed by atoms with van der Waals surface area (Å²) < 4.78 is 5.42. The second-order valence-electron chi connectivity index (χ2n) is 4.02. The summed E-state index contributed by atoms with van der Waals surface area (Å²) in [7, 11) is 0. The highest BCUT2D eigenvalue weighted by Crippen LogP contribution is 2.28. The maximum Gasteiger partial charge on any atom is 0.311 e. The lowest BCUT2D eigenvalue weighted by molar-refractivity contribution is -0.386. The number of nitro benzene ring substituents is 1. The lowest BCUT2D eigenvalue weighted by Gasteiger charge is -2.07. The van der Waals surface area contributed by atoms with E-state index in [0.29, 0.717) is 11.3 Å². The van der Waals surface area contributed by atoms with Gasteiger partial charge in [-0.15, -0.1) is 0 Å². The Hall–Kier alpha value is -2.40. The van der Waals surface area contributed by atoms with E-state index in [1.165, 1.54) is 18.2 Å². The minimum atomic E-state index is -0.579. The molecule has 2 aromatic rings. The highest BCUT2D eigenvalue weighted by Gasteiger charge is 2.16. The van der Waals surface area contributed by atoms with Gasteiger partial charge in [-0.25, -0.2) is 0 Å². The van der Waals surface area contributed by atoms with Gasteiger partial charge in [-0.2, -0.15) is 0 Å². The molecule has 0 amide bonds. The SMILES string of the molecule is O=Cc1ccc(OCc2ccc(Cl)cc2)c([N+](=O)[O-])c1. The van der Waals surface area contributed by atoms with Crippen molar-refractivity contribution < 1.29 is 14.5 Å². The van der Waals surface area contributed by atoms with Gasteiger partial charge in [0.2, 0.25) is 0 Å². The van der Waals surface area contributed by atoms with Crippen LogP contribution in [0.25, 0.3) is 0 Å². The summed E-state index contributed by atoms with van der Waals surface area (Å²) in [6.45, 7) is 0.179. The average molecular weight is 292 g/mol. The standard InChI is InChI=1S/C14H10ClNO4/c15-12-4-1-10(2-5-12)9-20-14-6-3-11(8-17)7-13(14)16(18)19/h1-8H,9H2. The molecule has 0 heterocycles. The molecule has 0 aliphatic heterocycles. The number of hydrogen-bond donors (Lipinski definition) is 0. The quantitative estimate of drug-likeness (QED) is 0.479. The van der Waals surface area contributed by atoms with Crippen LogP contribution in [0.1, 0.15) is 15.9 Å². The summed E-state index contributed by atoms with van der Waals surface area (Å²) in [5.41, 5.74) is 0.835. The number of aldehydes is 1. The predicted octanol–water partition coefficient (Wildman–Crippen LogP) is 3.64. The lowest BCUT2D eigenvalue weighted by Crippen LogP contribution is -1.99. The normalized spacial score (nSPS) is 10.1. The van der Waals surface area contributed by atoms with E-state index in [4.69, 9.17) is 16.3 Å². The smallest absolute Gasteiger partial charge is 0.311 e. The molecule has 0 aliphatic rings. The summed E-state index contributed by atoms with van der Waals surface area (Å²) in [4.78, 5) is 21.0. The number of hydrogen-bond acceptors (Lipinski definition) is 4. The molecule has 2 aromatic carbocycles. The molecule has 0 radical (unpaired) electrons. The largest absolute Gasteiger partial charge is 0.482 e. The Morgan fingerprint density at radius 1 is 1.20 bits per heavy atom. The molecule has 0 spiro atoms. The van der Waals surface area contributed by atoms with Crippen molar-refractivity contribution in [3.05, 3.63) is 68.7 Å². The van der Waals surface area contributed by atoms with Crippen LogP contribution in [0.3, 0.4) is 0 Å². The zero-order valence-corrected chi connectivity index (χ0v) is 11.0. The fraction of sp³-hybridized carbons (Fsp3) is 0.0714. The van der Waals surface area contributed by atoms with Crippen molar-refractivity contribution in [3.8, 4) is 5.75 Å². The van der Waals surface area contributed by atoms with Crippen molar-refractivity contribution in [2.75, 3.05) is 0 Å². The third kappa shape index (κ3) is 3.33. The van der Waals surface area contributed by atoms with E-state index < -0.39 is 4.92 Å². The third-order valence-electron chi connectivity index (χ3n) is 2.62. The molecule has 0 unspecified atom stereocenters. The number of ether oxygens (including phenoxy) is 1. The molecule has 0 fully saturated rings. The van der Waals surface area contributed by atoms with Crippen LogP contribution in [0.15, 0.2) is 42.5 Å². The maximum absolute atomic E-state index is 10.9. The number of nitrogens with zero attached hydrogens (tertiary/aromatic N) is 1. The van der Waals surface area contributed by atoms with Crippen LogP contribution >= 0.6 is 11.6 Å². The molecular weight excluding hydrogens is 282 g/mol. The fourth-order valence-electron chi connectivity index (χ4n) is 1.61. The first-order valence-electron chi connectivity index (χ1n) is 5.71. The maximum atomic E-state index is 10.9. The van der Waals surface area contributed by atoms with Crippen molar-refractivity contribution in [2.24, 2.45) is 0 Å². The van der Waals surface area contributed by atoms with Crippen LogP contribution in [-0.4, -0.2) is 11.2 Å². The molecule has 20 heavy (non-hydrogen) atoms. The topological polar surface area (TPSA) is 69.4 Å². The monoisotopic (exact) mass is 291 g/mol. The number of halogens is 1. The summed E-state index contributed by atoms with van der Waals surface area (Å²) >= 11 is 5.77. The van der Waals surface area contributed by atoms with E-state index in [1.807, 2.05) is 0 Å². The first kappa shape index (κ1) is 14.0. The summed E-state index contributed by atoms with van der Waals surface area (Å²) in [5.74, 6) is 0.121. The van der Waals surface area contributed by atoms with Crippen LogP contribution in [0.5, 0.6) is 5.75 Å². The second kappa shape index (κ2) is 6.16. The van der Waals surface area contributed by atoms with Crippen LogP contribution < -0.4 is 4.74 Å². The lowest BCUT2D eigenvalue weighted by atomic mass is 10.2. The van der Waals surface area contributed by atoms with Gasteiger partial charge in [0.15, 0.2) is 5.75 Å². The minimum Gasteiger partial charge on any atom is -0.482 e. The van der Waals surface area contributed by atoms with E-state index in [-0.39, 0.29) is 23.6 Å². The van der Waals surface area contributed by atoms with E-state index in [2.05, 4.69) is 0 Å². The molecule has 0 saturated heterocycles. The Morgan fingerprint density at radius 3 is 2.50 bits per heavy atom. The molecule has 6 heteroatoms. The van der Waals surface area contributed by atoms with Gasteiger partial charge in [0.1, 0.15) is 12.9 Å². The van der Waals surface area contributed by atoms with Crippen LogP contribution in [0, 0.1) is 10.1 Å². The molecule has 5 nitrogen and oxygen atoms in total. The van der Waals surface area contributed by atoms with Crippen LogP contribution in [0.2, 0.25) is 5.02 Å². The Bertz CT molecular complexity index is 640. The molecule has 0 atom stereocenters. The molecule has 0 aromatic heterocycles. The number of benzene rings is 2. The Morgan fingerprint density at radius 2 is 1.90 bits per heavy atom. The first-order valence-corrected chi connectivity index (χ1v) is 6.09. The van der Waals surface area contributed by atoms with Crippen molar-refractivity contribution in [2.45, 2.75) is 6.61 Å². The third-order valence-corrected chi connectivity index (χ3v) is 2.88. The zero-order valence-electron chi connectivity index (χ0n) is 10.3. The number of rotatable bonds is 5. The minimum absolute atomic E-state index is 0.121. The van der Waals surface area contributed by atoms with Crippen molar-refractivity contribution in [3.63, 3.8) is 0 Å². The molecule has 0 aliphatic carbocycles. The van der Waals surface area contributed by atoms with Gasteiger partial charge in [-0.1, -0.05) is 23.7 Å². The van der Waals surface area contributed by atoms with E-state index in [1.54, 1.807) is 24.3 Å². The summed E-state index contributed by atoms with van der Waals surface area (Å²) in [6, 6.07) is 11.0. The Kier molecular flexibility index (Phi) is 4.32. The zero-order chi connectivity index (χ0) is 14.5. The van der Waals surface area contributed by atoms with Gasteiger partial charge >= 0.3 is 5.69 Å². The van der Waals surface area contributed by atoms with Gasteiger partial charge in [-0.3, -0.25) is 14.9 Å². The first-order chi connectivity index (χ1) is 9.60. The number of nitro groups is 1. The van der Waals surface area contributed by atoms with Crippen LogP contribution in [-0.2, 0) is 6.61 Å². The molecule has 102 valence electrons. The molecule has 0 N–H and O–H groups in total. The van der Waals surface area contributed by atoms with Crippen molar-refractivity contribution in [1.29, 1.82) is 0 Å². The molecule has 2 rings (SSSR count). The number of carbonyl (C=O) groups excluding carboxylic acids is 1. The molecule has 0 saturated carbocycles. The van der Waals surface area contributed by atoms with E-state index >= 15 is 0 Å². The van der Waals surface area contributed by atoms with Gasteiger partial charge in [0.05, 0.1) is 4.92 Å². The highest BCUT2D eigenvalue weighted by atomic mass is 35.5. The van der Waals surface area contributed by atoms with Gasteiger partial charge in [0, 0.05) is 16.7 Å². The number of carbonyl (C=O) groups is 1. The second-order valence-corrected chi connectivity index (χ2v) is 4.45. The van der Waals surface area contributed by atoms with Crippen molar-refractivity contribution >= 4 is 23.6 Å². The average Bonchev–Trinajstić information content (AvgIpc) is 2.46.